The van der Waals surface area contributed by atoms with Crippen LogP contribution in [-0.2, 0) is 18.0 Å². The largest absolute Gasteiger partial charge is 0.507 e. The van der Waals surface area contributed by atoms with Crippen molar-refractivity contribution in [1.29, 1.82) is 0 Å². The van der Waals surface area contributed by atoms with Gasteiger partial charge in [-0.05, 0) is 47.5 Å². The molecule has 0 aliphatic carbocycles. The van der Waals surface area contributed by atoms with Gasteiger partial charge in [0.25, 0.3) is 0 Å². The van der Waals surface area contributed by atoms with Gasteiger partial charge in [-0.15, -0.1) is 0 Å². The van der Waals surface area contributed by atoms with Crippen LogP contribution in [0.3, 0.4) is 0 Å². The summed E-state index contributed by atoms with van der Waals surface area (Å²) >= 11 is 0. The molecule has 0 unspecified atom stereocenters. The molecule has 0 aromatic heterocycles. The van der Waals surface area contributed by atoms with Crippen molar-refractivity contribution < 1.29 is 28.8 Å². The Morgan fingerprint density at radius 3 is 2.03 bits per heavy atom. The van der Waals surface area contributed by atoms with E-state index in [2.05, 4.69) is 0 Å². The van der Waals surface area contributed by atoms with Crippen molar-refractivity contribution in [3.8, 4) is 23.0 Å². The molecule has 0 fully saturated rings. The number of carbonyl (C=O) groups excluding carboxylic acids is 1. The summed E-state index contributed by atoms with van der Waals surface area (Å²) in [6.45, 7) is 0.827. The lowest BCUT2D eigenvalue weighted by molar-refractivity contribution is 0.0509. The van der Waals surface area contributed by atoms with Gasteiger partial charge in [0.2, 0.25) is 0 Å². The highest BCUT2D eigenvalue weighted by atomic mass is 16.7. The molecule has 0 aliphatic rings. The van der Waals surface area contributed by atoms with Gasteiger partial charge in [0.1, 0.15) is 36.2 Å². The van der Waals surface area contributed by atoms with Crippen molar-refractivity contribution in [3.63, 3.8) is 0 Å². The number of benzene rings is 4. The van der Waals surface area contributed by atoms with E-state index in [1.165, 1.54) is 12.1 Å². The number of phenols is 1. The van der Waals surface area contributed by atoms with E-state index in [-0.39, 0.29) is 23.9 Å². The van der Waals surface area contributed by atoms with Gasteiger partial charge in [0.05, 0.1) is 5.56 Å². The van der Waals surface area contributed by atoms with Crippen LogP contribution in [0.2, 0.25) is 0 Å². The molecule has 188 valence electrons. The van der Waals surface area contributed by atoms with E-state index in [1.807, 2.05) is 60.7 Å². The van der Waals surface area contributed by atoms with Gasteiger partial charge in [0.15, 0.2) is 12.6 Å². The Morgan fingerprint density at radius 1 is 0.757 bits per heavy atom. The van der Waals surface area contributed by atoms with Crippen molar-refractivity contribution in [2.24, 2.45) is 0 Å². The second-order valence-electron chi connectivity index (χ2n) is 8.18. The zero-order valence-corrected chi connectivity index (χ0v) is 20.5. The highest BCUT2D eigenvalue weighted by Crippen LogP contribution is 2.29. The Labute approximate surface area is 216 Å². The number of hydrogen-bond donors (Lipinski definition) is 1. The fraction of sp³-hybridized carbons (Fsp3) is 0.129. The molecule has 4 aromatic carbocycles. The number of allylic oxidation sites excluding steroid dienone is 1. The van der Waals surface area contributed by atoms with Crippen LogP contribution in [0.15, 0.2) is 103 Å². The lowest BCUT2D eigenvalue weighted by Gasteiger charge is -2.12. The second kappa shape index (κ2) is 13.0. The summed E-state index contributed by atoms with van der Waals surface area (Å²) in [7, 11) is 1.55. The molecule has 0 spiro atoms. The molecule has 4 aromatic rings. The highest BCUT2D eigenvalue weighted by molar-refractivity contribution is 6.08. The number of methoxy groups -OCH3 is 1. The Morgan fingerprint density at radius 2 is 1.38 bits per heavy atom. The number of carbonyl (C=O) groups is 1. The Balaban J connectivity index is 1.46. The maximum atomic E-state index is 12.9. The molecule has 0 radical (unpaired) electrons. The fourth-order valence-electron chi connectivity index (χ4n) is 3.54. The molecule has 6 heteroatoms. The molecule has 0 amide bonds. The van der Waals surface area contributed by atoms with E-state index in [0.29, 0.717) is 36.0 Å². The number of ether oxygens (including phenoxy) is 4. The molecule has 0 saturated heterocycles. The first-order valence-electron chi connectivity index (χ1n) is 11.8. The molecule has 0 bridgehead atoms. The normalized spacial score (nSPS) is 10.8. The third-order valence-electron chi connectivity index (χ3n) is 5.46. The average molecular weight is 497 g/mol. The summed E-state index contributed by atoms with van der Waals surface area (Å²) in [5, 5.41) is 10.5. The van der Waals surface area contributed by atoms with Crippen molar-refractivity contribution in [1.82, 2.24) is 0 Å². The third-order valence-corrected chi connectivity index (χ3v) is 5.46. The van der Waals surface area contributed by atoms with Crippen LogP contribution >= 0.6 is 0 Å². The van der Waals surface area contributed by atoms with Gasteiger partial charge < -0.3 is 24.1 Å². The third kappa shape index (κ3) is 7.46. The number of aromatic hydroxyl groups is 1. The van der Waals surface area contributed by atoms with E-state index in [1.54, 1.807) is 43.5 Å². The van der Waals surface area contributed by atoms with E-state index >= 15 is 0 Å². The van der Waals surface area contributed by atoms with Crippen molar-refractivity contribution in [2.75, 3.05) is 13.9 Å². The first kappa shape index (κ1) is 25.5. The van der Waals surface area contributed by atoms with Crippen LogP contribution in [0, 0.1) is 0 Å². The summed E-state index contributed by atoms with van der Waals surface area (Å²) in [5.74, 6) is 1.11. The molecule has 0 heterocycles. The van der Waals surface area contributed by atoms with Gasteiger partial charge in [-0.1, -0.05) is 60.7 Å². The minimum atomic E-state index is -0.346. The highest BCUT2D eigenvalue weighted by Gasteiger charge is 2.11. The molecule has 4 rings (SSSR count). The molecule has 1 N–H and O–H groups in total. The van der Waals surface area contributed by atoms with E-state index in [0.717, 1.165) is 11.1 Å². The number of hydrogen-bond acceptors (Lipinski definition) is 6. The topological polar surface area (TPSA) is 74.2 Å². The molecule has 0 atom stereocenters. The van der Waals surface area contributed by atoms with Gasteiger partial charge in [-0.2, -0.15) is 0 Å². The average Bonchev–Trinajstić information content (AvgIpc) is 2.94. The predicted molar refractivity (Wildman–Crippen MR) is 142 cm³/mol. The van der Waals surface area contributed by atoms with Gasteiger partial charge >= 0.3 is 0 Å². The van der Waals surface area contributed by atoms with Crippen LogP contribution in [0.4, 0.5) is 0 Å². The lowest BCUT2D eigenvalue weighted by Crippen LogP contribution is -2.01. The van der Waals surface area contributed by atoms with Crippen molar-refractivity contribution in [3.05, 3.63) is 125 Å². The Bertz CT molecular complexity index is 1330. The van der Waals surface area contributed by atoms with Crippen LogP contribution in [0.5, 0.6) is 23.0 Å². The van der Waals surface area contributed by atoms with E-state index in [4.69, 9.17) is 18.9 Å². The van der Waals surface area contributed by atoms with Crippen LogP contribution in [-0.4, -0.2) is 24.8 Å². The van der Waals surface area contributed by atoms with Crippen molar-refractivity contribution in [2.45, 2.75) is 13.2 Å². The predicted octanol–water partition coefficient (Wildman–Crippen LogP) is 6.43. The summed E-state index contributed by atoms with van der Waals surface area (Å²) in [5.41, 5.74) is 2.89. The maximum Gasteiger partial charge on any atom is 0.189 e. The number of ketones is 1. The Kier molecular flexibility index (Phi) is 8.94. The number of phenolic OH excluding ortho intramolecular Hbond substituents is 1. The van der Waals surface area contributed by atoms with Gasteiger partial charge in [0, 0.05) is 24.8 Å². The zero-order chi connectivity index (χ0) is 25.9. The minimum Gasteiger partial charge on any atom is -0.507 e. The van der Waals surface area contributed by atoms with Crippen LogP contribution < -0.4 is 14.2 Å². The van der Waals surface area contributed by atoms with E-state index in [9.17, 15) is 9.90 Å². The van der Waals surface area contributed by atoms with Crippen LogP contribution in [0.1, 0.15) is 27.0 Å². The molecule has 0 saturated carbocycles. The SMILES string of the molecule is COCOc1ccc(/C=C/C(=O)c2ccc(OCc3ccccc3)cc2O)c(OCc2ccccc2)c1. The van der Waals surface area contributed by atoms with Gasteiger partial charge in [-0.3, -0.25) is 4.79 Å². The maximum absolute atomic E-state index is 12.9. The van der Waals surface area contributed by atoms with E-state index < -0.39 is 0 Å². The van der Waals surface area contributed by atoms with Crippen molar-refractivity contribution >= 4 is 11.9 Å². The summed E-state index contributed by atoms with van der Waals surface area (Å²) < 4.78 is 22.3. The molecule has 6 nitrogen and oxygen atoms in total. The monoisotopic (exact) mass is 496 g/mol. The molecule has 0 aliphatic heterocycles. The summed E-state index contributed by atoms with van der Waals surface area (Å²) in [4.78, 5) is 12.9. The number of rotatable bonds is 12. The zero-order valence-electron chi connectivity index (χ0n) is 20.5. The molecular weight excluding hydrogens is 468 g/mol. The quantitative estimate of drug-likeness (QED) is 0.138. The lowest BCUT2D eigenvalue weighted by atomic mass is 10.1. The fourth-order valence-corrected chi connectivity index (χ4v) is 3.54. The second-order valence-corrected chi connectivity index (χ2v) is 8.18. The molecular formula is C31H28O6. The smallest absolute Gasteiger partial charge is 0.189 e. The van der Waals surface area contributed by atoms with Gasteiger partial charge in [-0.25, -0.2) is 0 Å². The first-order valence-corrected chi connectivity index (χ1v) is 11.8. The molecule has 37 heavy (non-hydrogen) atoms. The summed E-state index contributed by atoms with van der Waals surface area (Å²) in [6.07, 6.45) is 3.06. The minimum absolute atomic E-state index is 0.107. The summed E-state index contributed by atoms with van der Waals surface area (Å²) in [6, 6.07) is 29.5. The first-order chi connectivity index (χ1) is 18.1. The Hall–Kier alpha value is -4.55. The van der Waals surface area contributed by atoms with Crippen LogP contribution in [0.25, 0.3) is 6.08 Å². The standard InChI is InChI=1S/C31H28O6/c1-34-22-37-27-14-12-25(31(19-27)36-21-24-10-6-3-7-11-24)13-17-29(32)28-16-15-26(18-30(28)33)35-20-23-8-4-2-5-9-23/h2-19,33H,20-22H2,1H3/b17-13+.